The van der Waals surface area contributed by atoms with Crippen molar-refractivity contribution in [2.45, 2.75) is 0 Å². The molecule has 0 aliphatic heterocycles. The van der Waals surface area contributed by atoms with Crippen LogP contribution in [0.5, 0.6) is 0 Å². The van der Waals surface area contributed by atoms with Gasteiger partial charge in [-0.2, -0.15) is 4.99 Å². The Balaban J connectivity index is 3.32. The van der Waals surface area contributed by atoms with Gasteiger partial charge in [0.2, 0.25) is 11.3 Å². The van der Waals surface area contributed by atoms with Gasteiger partial charge < -0.3 is 0 Å². The van der Waals surface area contributed by atoms with Gasteiger partial charge in [0.05, 0.1) is 0 Å². The Kier molecular flexibility index (Phi) is 3.19. The quantitative estimate of drug-likeness (QED) is 0.294. The summed E-state index contributed by atoms with van der Waals surface area (Å²) in [6.45, 7) is -0.273. The van der Waals surface area contributed by atoms with Crippen LogP contribution in [0.4, 0.5) is 0 Å². The van der Waals surface area contributed by atoms with E-state index in [0.717, 1.165) is 0 Å². The highest BCUT2D eigenvalue weighted by atomic mass is 35.5. The third-order valence-electron chi connectivity index (χ3n) is 0.268. The van der Waals surface area contributed by atoms with E-state index in [1.54, 1.807) is 0 Å². The molecule has 0 aromatic carbocycles. The first-order chi connectivity index (χ1) is 3.27. The Labute approximate surface area is 45.0 Å². The Morgan fingerprint density at radius 1 is 1.86 bits per heavy atom. The highest BCUT2D eigenvalue weighted by Crippen LogP contribution is 1.76. The van der Waals surface area contributed by atoms with Crippen LogP contribution in [0.2, 0.25) is 0 Å². The van der Waals surface area contributed by atoms with E-state index in [-0.39, 0.29) is 6.54 Å². The maximum atomic E-state index is 9.70. The van der Waals surface area contributed by atoms with Crippen LogP contribution in [-0.4, -0.2) is 17.9 Å². The lowest BCUT2D eigenvalue weighted by Gasteiger charge is -1.71. The van der Waals surface area contributed by atoms with Gasteiger partial charge in [-0.3, -0.25) is 4.79 Å². The van der Waals surface area contributed by atoms with E-state index in [0.29, 0.717) is 0 Å². The molecule has 7 heavy (non-hydrogen) atoms. The Morgan fingerprint density at radius 2 is 2.43 bits per heavy atom. The van der Waals surface area contributed by atoms with Gasteiger partial charge in [-0.15, -0.1) is 0 Å². The Bertz CT molecular complexity index is 116. The van der Waals surface area contributed by atoms with E-state index >= 15 is 0 Å². The molecule has 0 atom stereocenters. The van der Waals surface area contributed by atoms with Crippen LogP contribution in [0, 0.1) is 0 Å². The van der Waals surface area contributed by atoms with Gasteiger partial charge in [0, 0.05) is 0 Å². The minimum Gasteiger partial charge on any atom is -0.279 e. The summed E-state index contributed by atoms with van der Waals surface area (Å²) in [7, 11) is 0. The number of isocyanates is 1. The number of hydrogen-bond acceptors (Lipinski definition) is 3. The van der Waals surface area contributed by atoms with E-state index in [9.17, 15) is 9.59 Å². The van der Waals surface area contributed by atoms with Crippen LogP contribution in [0.3, 0.4) is 0 Å². The molecule has 0 aliphatic rings. The fourth-order valence-corrected chi connectivity index (χ4v) is 0.154. The molecule has 0 N–H and O–H groups in total. The smallest absolute Gasteiger partial charge is 0.244 e. The minimum atomic E-state index is -0.650. The first-order valence-corrected chi connectivity index (χ1v) is 1.87. The molecule has 4 heteroatoms. The molecule has 0 heterocycles. The van der Waals surface area contributed by atoms with Crippen LogP contribution in [0.25, 0.3) is 0 Å². The molecule has 0 saturated carbocycles. The third kappa shape index (κ3) is 5.34. The second kappa shape index (κ2) is 3.53. The van der Waals surface area contributed by atoms with E-state index in [1.165, 1.54) is 6.08 Å². The summed E-state index contributed by atoms with van der Waals surface area (Å²) in [5, 5.41) is -0.650. The van der Waals surface area contributed by atoms with E-state index < -0.39 is 5.24 Å². The number of halogens is 1. The first-order valence-electron chi connectivity index (χ1n) is 1.49. The highest BCUT2D eigenvalue weighted by Gasteiger charge is 1.87. The van der Waals surface area contributed by atoms with Crippen molar-refractivity contribution in [1.82, 2.24) is 0 Å². The van der Waals surface area contributed by atoms with Crippen molar-refractivity contribution >= 4 is 22.9 Å². The van der Waals surface area contributed by atoms with Crippen molar-refractivity contribution in [3.05, 3.63) is 0 Å². The Hall–Kier alpha value is -0.660. The SMILES string of the molecule is O=C=NCC(=O)Cl. The van der Waals surface area contributed by atoms with Gasteiger partial charge in [0.15, 0.2) is 0 Å². The van der Waals surface area contributed by atoms with Gasteiger partial charge >= 0.3 is 0 Å². The summed E-state index contributed by atoms with van der Waals surface area (Å²) in [4.78, 5) is 21.8. The molecule has 0 amide bonds. The number of rotatable bonds is 2. The zero-order valence-corrected chi connectivity index (χ0v) is 4.10. The largest absolute Gasteiger partial charge is 0.279 e. The van der Waals surface area contributed by atoms with Crippen molar-refractivity contribution in [1.29, 1.82) is 0 Å². The highest BCUT2D eigenvalue weighted by molar-refractivity contribution is 6.64. The standard InChI is InChI=1S/C3H2ClNO2/c4-3(7)1-5-2-6/h1H2. The number of carbonyl (C=O) groups is 1. The lowest BCUT2D eigenvalue weighted by atomic mass is 10.8. The van der Waals surface area contributed by atoms with E-state index in [2.05, 4.69) is 4.99 Å². The Morgan fingerprint density at radius 3 is 2.57 bits per heavy atom. The molecule has 0 aromatic rings. The fraction of sp³-hybridized carbons (Fsp3) is 0.333. The van der Waals surface area contributed by atoms with Crippen molar-refractivity contribution in [3.8, 4) is 0 Å². The zero-order chi connectivity index (χ0) is 5.70. The normalized spacial score (nSPS) is 7.00. The third-order valence-corrected chi connectivity index (χ3v) is 0.387. The molecule has 0 radical (unpaired) electrons. The molecule has 0 aliphatic carbocycles. The summed E-state index contributed by atoms with van der Waals surface area (Å²) in [5.41, 5.74) is 0. The van der Waals surface area contributed by atoms with E-state index in [1.807, 2.05) is 0 Å². The summed E-state index contributed by atoms with van der Waals surface area (Å²) >= 11 is 4.74. The second-order valence-electron chi connectivity index (χ2n) is 0.763. The molecule has 0 saturated heterocycles. The predicted molar refractivity (Wildman–Crippen MR) is 23.8 cm³/mol. The van der Waals surface area contributed by atoms with Crippen molar-refractivity contribution in [3.63, 3.8) is 0 Å². The number of hydrogen-bond donors (Lipinski definition) is 0. The minimum absolute atomic E-state index is 0.273. The topological polar surface area (TPSA) is 46.5 Å². The van der Waals surface area contributed by atoms with Crippen molar-refractivity contribution in [2.24, 2.45) is 4.99 Å². The summed E-state index contributed by atoms with van der Waals surface area (Å²) < 4.78 is 0. The van der Waals surface area contributed by atoms with Crippen LogP contribution < -0.4 is 0 Å². The molecule has 3 nitrogen and oxygen atoms in total. The molecular weight excluding hydrogens is 117 g/mol. The lowest BCUT2D eigenvalue weighted by Crippen LogP contribution is -1.88. The molecule has 0 unspecified atom stereocenters. The summed E-state index contributed by atoms with van der Waals surface area (Å²) in [5.74, 6) is 0. The average Bonchev–Trinajstić information content (AvgIpc) is 1.61. The van der Waals surface area contributed by atoms with Gasteiger partial charge in [-0.25, -0.2) is 4.79 Å². The zero-order valence-electron chi connectivity index (χ0n) is 3.35. The molecule has 0 rings (SSSR count). The molecule has 0 aromatic heterocycles. The maximum Gasteiger partial charge on any atom is 0.244 e. The number of nitrogens with zero attached hydrogens (tertiary/aromatic N) is 1. The molecule has 0 bridgehead atoms. The van der Waals surface area contributed by atoms with Gasteiger partial charge in [0.1, 0.15) is 6.54 Å². The molecule has 0 fully saturated rings. The number of carbonyl (C=O) groups excluding carboxylic acids is 2. The van der Waals surface area contributed by atoms with Gasteiger partial charge in [-0.05, 0) is 11.6 Å². The monoisotopic (exact) mass is 119 g/mol. The summed E-state index contributed by atoms with van der Waals surface area (Å²) in [6.07, 6.45) is 1.17. The summed E-state index contributed by atoms with van der Waals surface area (Å²) in [6, 6.07) is 0. The lowest BCUT2D eigenvalue weighted by molar-refractivity contribution is -0.110. The van der Waals surface area contributed by atoms with Crippen molar-refractivity contribution < 1.29 is 9.59 Å². The van der Waals surface area contributed by atoms with Crippen LogP contribution in [0.1, 0.15) is 0 Å². The molecule has 38 valence electrons. The van der Waals surface area contributed by atoms with Crippen LogP contribution in [0.15, 0.2) is 4.99 Å². The fourth-order valence-electron chi connectivity index (χ4n) is 0.0944. The van der Waals surface area contributed by atoms with E-state index in [4.69, 9.17) is 11.6 Å². The van der Waals surface area contributed by atoms with Gasteiger partial charge in [0.25, 0.3) is 0 Å². The molecular formula is C3H2ClNO2. The van der Waals surface area contributed by atoms with Gasteiger partial charge in [-0.1, -0.05) is 0 Å². The number of aliphatic imine (C=N–C) groups is 1. The average molecular weight is 120 g/mol. The maximum absolute atomic E-state index is 9.70. The van der Waals surface area contributed by atoms with Crippen molar-refractivity contribution in [2.75, 3.05) is 6.54 Å². The van der Waals surface area contributed by atoms with Crippen LogP contribution >= 0.6 is 11.6 Å². The molecule has 0 spiro atoms. The predicted octanol–water partition coefficient (Wildman–Crippen LogP) is 0.0876. The second-order valence-corrected chi connectivity index (χ2v) is 1.18. The first kappa shape index (κ1) is 6.34. The van der Waals surface area contributed by atoms with Crippen LogP contribution in [-0.2, 0) is 9.59 Å².